The maximum absolute atomic E-state index is 5.43. The van der Waals surface area contributed by atoms with Crippen LogP contribution in [0.2, 0.25) is 0 Å². The van der Waals surface area contributed by atoms with Crippen LogP contribution in [0.3, 0.4) is 0 Å². The van der Waals surface area contributed by atoms with E-state index in [0.717, 1.165) is 18.6 Å². The lowest BCUT2D eigenvalue weighted by molar-refractivity contribution is 0.409. The number of para-hydroxylation sites is 1. The molecule has 106 valence electrons. The van der Waals surface area contributed by atoms with Crippen LogP contribution >= 0.6 is 0 Å². The van der Waals surface area contributed by atoms with Crippen molar-refractivity contribution >= 4 is 0 Å². The van der Waals surface area contributed by atoms with Crippen LogP contribution in [0.15, 0.2) is 48.5 Å². The molecule has 0 bridgehead atoms. The second kappa shape index (κ2) is 7.14. The number of hydrogen-bond acceptors (Lipinski definition) is 1. The standard InChI is InChI=1S/C19H24O/c1-4-15(2)18-11-7-5-9-16(18)13-14-17-10-6-8-12-19(17)20-3/h5-12,15H,4,13-14H2,1-3H3. The van der Waals surface area contributed by atoms with Crippen molar-refractivity contribution < 1.29 is 4.74 Å². The Morgan fingerprint density at radius 1 is 0.900 bits per heavy atom. The topological polar surface area (TPSA) is 9.23 Å². The first-order valence-corrected chi connectivity index (χ1v) is 7.46. The maximum atomic E-state index is 5.43. The minimum Gasteiger partial charge on any atom is -0.496 e. The molecule has 2 aromatic carbocycles. The average Bonchev–Trinajstić information content (AvgIpc) is 2.52. The van der Waals surface area contributed by atoms with Crippen molar-refractivity contribution in [2.75, 3.05) is 7.11 Å². The summed E-state index contributed by atoms with van der Waals surface area (Å²) < 4.78 is 5.43. The average molecular weight is 268 g/mol. The van der Waals surface area contributed by atoms with E-state index in [9.17, 15) is 0 Å². The van der Waals surface area contributed by atoms with Gasteiger partial charge in [-0.2, -0.15) is 0 Å². The molecule has 20 heavy (non-hydrogen) atoms. The molecule has 0 fully saturated rings. The van der Waals surface area contributed by atoms with Crippen LogP contribution in [0.25, 0.3) is 0 Å². The van der Waals surface area contributed by atoms with Gasteiger partial charge in [0.05, 0.1) is 7.11 Å². The Labute approximate surface area is 122 Å². The fraction of sp³-hybridized carbons (Fsp3) is 0.368. The number of ether oxygens (including phenoxy) is 1. The fourth-order valence-electron chi connectivity index (χ4n) is 2.64. The maximum Gasteiger partial charge on any atom is 0.122 e. The molecule has 0 saturated carbocycles. The van der Waals surface area contributed by atoms with Crippen LogP contribution in [0, 0.1) is 0 Å². The van der Waals surface area contributed by atoms with Crippen molar-refractivity contribution in [3.8, 4) is 5.75 Å². The number of methoxy groups -OCH3 is 1. The molecule has 0 saturated heterocycles. The molecule has 2 rings (SSSR count). The third-order valence-corrected chi connectivity index (χ3v) is 4.05. The molecule has 0 aliphatic heterocycles. The van der Waals surface area contributed by atoms with Crippen LogP contribution in [0.5, 0.6) is 5.75 Å². The Morgan fingerprint density at radius 2 is 1.50 bits per heavy atom. The van der Waals surface area contributed by atoms with Crippen molar-refractivity contribution in [3.63, 3.8) is 0 Å². The summed E-state index contributed by atoms with van der Waals surface area (Å²) in [5.74, 6) is 1.62. The lowest BCUT2D eigenvalue weighted by Crippen LogP contribution is -2.01. The van der Waals surface area contributed by atoms with E-state index in [0.29, 0.717) is 5.92 Å². The SMILES string of the molecule is CCC(C)c1ccccc1CCc1ccccc1OC. The first kappa shape index (κ1) is 14.6. The molecule has 0 spiro atoms. The minimum absolute atomic E-state index is 0.629. The summed E-state index contributed by atoms with van der Waals surface area (Å²) in [7, 11) is 1.74. The van der Waals surface area contributed by atoms with Gasteiger partial charge in [0.15, 0.2) is 0 Å². The van der Waals surface area contributed by atoms with Crippen LogP contribution < -0.4 is 4.74 Å². The van der Waals surface area contributed by atoms with Gasteiger partial charge < -0.3 is 4.74 Å². The number of benzene rings is 2. The molecule has 0 amide bonds. The molecule has 1 unspecified atom stereocenters. The second-order valence-electron chi connectivity index (χ2n) is 5.32. The van der Waals surface area contributed by atoms with Gasteiger partial charge in [-0.3, -0.25) is 0 Å². The zero-order valence-corrected chi connectivity index (χ0v) is 12.7. The van der Waals surface area contributed by atoms with Crippen molar-refractivity contribution in [2.45, 2.75) is 39.0 Å². The van der Waals surface area contributed by atoms with Crippen molar-refractivity contribution in [3.05, 3.63) is 65.2 Å². The van der Waals surface area contributed by atoms with Crippen molar-refractivity contribution in [1.29, 1.82) is 0 Å². The van der Waals surface area contributed by atoms with E-state index in [1.165, 1.54) is 23.1 Å². The van der Waals surface area contributed by atoms with E-state index < -0.39 is 0 Å². The van der Waals surface area contributed by atoms with Crippen LogP contribution in [0.1, 0.15) is 42.9 Å². The van der Waals surface area contributed by atoms with E-state index in [4.69, 9.17) is 4.74 Å². The van der Waals surface area contributed by atoms with Gasteiger partial charge in [0, 0.05) is 0 Å². The molecule has 1 heteroatoms. The molecule has 0 aliphatic rings. The molecule has 0 N–H and O–H groups in total. The lowest BCUT2D eigenvalue weighted by Gasteiger charge is -2.15. The fourth-order valence-corrected chi connectivity index (χ4v) is 2.64. The predicted molar refractivity (Wildman–Crippen MR) is 85.6 cm³/mol. The number of rotatable bonds is 6. The molecule has 0 aromatic heterocycles. The van der Waals surface area contributed by atoms with E-state index in [2.05, 4.69) is 50.2 Å². The lowest BCUT2D eigenvalue weighted by atomic mass is 9.91. The molecular weight excluding hydrogens is 244 g/mol. The molecule has 0 heterocycles. The van der Waals surface area contributed by atoms with Crippen molar-refractivity contribution in [2.24, 2.45) is 0 Å². The third-order valence-electron chi connectivity index (χ3n) is 4.05. The largest absolute Gasteiger partial charge is 0.496 e. The minimum atomic E-state index is 0.629. The van der Waals surface area contributed by atoms with Gasteiger partial charge in [0.25, 0.3) is 0 Å². The van der Waals surface area contributed by atoms with Gasteiger partial charge in [-0.05, 0) is 47.9 Å². The predicted octanol–water partition coefficient (Wildman–Crippen LogP) is 4.99. The second-order valence-corrected chi connectivity index (χ2v) is 5.32. The van der Waals surface area contributed by atoms with Crippen LogP contribution in [-0.2, 0) is 12.8 Å². The van der Waals surface area contributed by atoms with Gasteiger partial charge in [0.1, 0.15) is 5.75 Å². The number of aryl methyl sites for hydroxylation is 2. The van der Waals surface area contributed by atoms with Gasteiger partial charge in [0.2, 0.25) is 0 Å². The first-order chi connectivity index (χ1) is 9.76. The Morgan fingerprint density at radius 3 is 2.20 bits per heavy atom. The van der Waals surface area contributed by atoms with Crippen molar-refractivity contribution in [1.82, 2.24) is 0 Å². The van der Waals surface area contributed by atoms with Gasteiger partial charge in [-0.15, -0.1) is 0 Å². The zero-order valence-electron chi connectivity index (χ0n) is 12.7. The van der Waals surface area contributed by atoms with E-state index >= 15 is 0 Å². The highest BCUT2D eigenvalue weighted by Gasteiger charge is 2.09. The third kappa shape index (κ3) is 3.41. The quantitative estimate of drug-likeness (QED) is 0.717. The molecule has 0 aliphatic carbocycles. The summed E-state index contributed by atoms with van der Waals surface area (Å²) in [5.41, 5.74) is 4.24. The van der Waals surface area contributed by atoms with Gasteiger partial charge >= 0.3 is 0 Å². The highest BCUT2D eigenvalue weighted by atomic mass is 16.5. The smallest absolute Gasteiger partial charge is 0.122 e. The molecular formula is C19H24O. The first-order valence-electron chi connectivity index (χ1n) is 7.46. The summed E-state index contributed by atoms with van der Waals surface area (Å²) in [4.78, 5) is 0. The zero-order chi connectivity index (χ0) is 14.4. The Hall–Kier alpha value is -1.76. The highest BCUT2D eigenvalue weighted by Crippen LogP contribution is 2.25. The Balaban J connectivity index is 2.15. The Kier molecular flexibility index (Phi) is 5.23. The molecule has 0 radical (unpaired) electrons. The molecule has 1 atom stereocenters. The summed E-state index contributed by atoms with van der Waals surface area (Å²) in [6.07, 6.45) is 3.28. The number of hydrogen-bond donors (Lipinski definition) is 0. The van der Waals surface area contributed by atoms with Gasteiger partial charge in [-0.1, -0.05) is 56.3 Å². The molecule has 1 nitrogen and oxygen atoms in total. The van der Waals surface area contributed by atoms with Crippen LogP contribution in [-0.4, -0.2) is 7.11 Å². The summed E-state index contributed by atoms with van der Waals surface area (Å²) >= 11 is 0. The summed E-state index contributed by atoms with van der Waals surface area (Å²) in [6.45, 7) is 4.56. The summed E-state index contributed by atoms with van der Waals surface area (Å²) in [6, 6.07) is 17.1. The van der Waals surface area contributed by atoms with E-state index in [1.807, 2.05) is 12.1 Å². The summed E-state index contributed by atoms with van der Waals surface area (Å²) in [5, 5.41) is 0. The van der Waals surface area contributed by atoms with Gasteiger partial charge in [-0.25, -0.2) is 0 Å². The molecule has 2 aromatic rings. The van der Waals surface area contributed by atoms with Crippen LogP contribution in [0.4, 0.5) is 0 Å². The Bertz CT molecular complexity index is 545. The van der Waals surface area contributed by atoms with E-state index in [1.54, 1.807) is 7.11 Å². The monoisotopic (exact) mass is 268 g/mol. The van der Waals surface area contributed by atoms with E-state index in [-0.39, 0.29) is 0 Å². The normalized spacial score (nSPS) is 12.2. The highest BCUT2D eigenvalue weighted by molar-refractivity contribution is 5.36.